The largest absolute Gasteiger partial charge is 0.240 e. The first-order chi connectivity index (χ1) is 15.6. The van der Waals surface area contributed by atoms with Gasteiger partial charge in [0, 0.05) is 0 Å². The molecule has 0 spiro atoms. The van der Waals surface area contributed by atoms with Crippen LogP contribution >= 0.6 is 22.2 Å². The Labute approximate surface area is 206 Å². The predicted molar refractivity (Wildman–Crippen MR) is 145 cm³/mol. The van der Waals surface area contributed by atoms with Gasteiger partial charge in [-0.1, -0.05) is 125 Å². The zero-order chi connectivity index (χ0) is 22.3. The third-order valence-corrected chi connectivity index (χ3v) is 17.7. The third-order valence-electron chi connectivity index (χ3n) is 7.59. The summed E-state index contributed by atoms with van der Waals surface area (Å²) < 4.78 is 0. The van der Waals surface area contributed by atoms with Crippen LogP contribution in [-0.2, 0) is 12.1 Å². The van der Waals surface area contributed by atoms with E-state index >= 15 is 0 Å². The molecule has 4 rings (SSSR count). The Kier molecular flexibility index (Phi) is 8.63. The second kappa shape index (κ2) is 11.4. The fraction of sp³-hybridized carbons (Fsp3) is 0.500. The summed E-state index contributed by atoms with van der Waals surface area (Å²) in [5.41, 5.74) is 11.6. The zero-order valence-electron chi connectivity index (χ0n) is 19.2. The fourth-order valence-electron chi connectivity index (χ4n) is 5.70. The summed E-state index contributed by atoms with van der Waals surface area (Å²) in [4.78, 5) is 0. The number of hydrogen-bond acceptors (Lipinski definition) is 0. The van der Waals surface area contributed by atoms with Gasteiger partial charge in [-0.2, -0.15) is 0 Å². The summed E-state index contributed by atoms with van der Waals surface area (Å²) in [5.74, 6) is 0. The second-order valence-electron chi connectivity index (χ2n) is 9.97. The van der Waals surface area contributed by atoms with Crippen LogP contribution in [0.5, 0.6) is 0 Å². The van der Waals surface area contributed by atoms with Gasteiger partial charge >= 0.3 is 0 Å². The Hall–Kier alpha value is -0.986. The maximum Gasteiger partial charge on any atom is 0.240 e. The normalized spacial score (nSPS) is 21.7. The van der Waals surface area contributed by atoms with Crippen molar-refractivity contribution in [2.24, 2.45) is 0 Å². The summed E-state index contributed by atoms with van der Waals surface area (Å²) in [6, 6.07) is 23.5. The third kappa shape index (κ3) is 6.32. The van der Waals surface area contributed by atoms with Gasteiger partial charge in [-0.05, 0) is 34.3 Å². The lowest BCUT2D eigenvalue weighted by Gasteiger charge is -2.34. The maximum atomic E-state index is 7.63. The SMILES string of the molecule is Cl[Si](C#C[Si](Cl)(Cc1ccccc1)C1CCCCC1)(Cc1ccccc1)C1CCCCC1. The molecule has 0 nitrogen and oxygen atoms in total. The van der Waals surface area contributed by atoms with Gasteiger partial charge < -0.3 is 0 Å². The van der Waals surface area contributed by atoms with Gasteiger partial charge in [-0.3, -0.25) is 0 Å². The lowest BCUT2D eigenvalue weighted by Crippen LogP contribution is -2.41. The van der Waals surface area contributed by atoms with Crippen LogP contribution in [0.1, 0.15) is 75.3 Å². The van der Waals surface area contributed by atoms with Crippen molar-refractivity contribution in [3.8, 4) is 11.1 Å². The topological polar surface area (TPSA) is 0 Å². The molecule has 0 aliphatic heterocycles. The molecule has 0 N–H and O–H groups in total. The molecule has 32 heavy (non-hydrogen) atoms. The fourth-order valence-corrected chi connectivity index (χ4v) is 15.9. The summed E-state index contributed by atoms with van der Waals surface area (Å²) in [7, 11) is -4.64. The van der Waals surface area contributed by atoms with Crippen LogP contribution < -0.4 is 0 Å². The van der Waals surface area contributed by atoms with Gasteiger partial charge in [0.2, 0.25) is 14.8 Å². The molecule has 2 fully saturated rings. The molecule has 2 saturated carbocycles. The lowest BCUT2D eigenvalue weighted by molar-refractivity contribution is 0.495. The van der Waals surface area contributed by atoms with Crippen molar-refractivity contribution >= 4 is 36.9 Å². The van der Waals surface area contributed by atoms with Gasteiger partial charge in [0.15, 0.2) is 0 Å². The molecule has 0 aromatic heterocycles. The first-order valence-electron chi connectivity index (χ1n) is 12.6. The quantitative estimate of drug-likeness (QED) is 0.212. The maximum absolute atomic E-state index is 7.63. The molecule has 0 amide bonds. The zero-order valence-corrected chi connectivity index (χ0v) is 22.7. The van der Waals surface area contributed by atoms with Crippen molar-refractivity contribution in [2.75, 3.05) is 0 Å². The Morgan fingerprint density at radius 3 is 1.25 bits per heavy atom. The van der Waals surface area contributed by atoms with Gasteiger partial charge in [0.05, 0.1) is 0 Å². The number of hydrogen-bond donors (Lipinski definition) is 0. The van der Waals surface area contributed by atoms with Crippen molar-refractivity contribution in [3.63, 3.8) is 0 Å². The van der Waals surface area contributed by atoms with E-state index in [1.807, 2.05) is 0 Å². The van der Waals surface area contributed by atoms with Crippen LogP contribution in [0.25, 0.3) is 0 Å². The van der Waals surface area contributed by atoms with Crippen molar-refractivity contribution in [3.05, 3.63) is 71.8 Å². The highest BCUT2D eigenvalue weighted by Crippen LogP contribution is 2.43. The van der Waals surface area contributed by atoms with E-state index in [1.54, 1.807) is 0 Å². The summed E-state index contributed by atoms with van der Waals surface area (Å²) in [5, 5.41) is 0. The lowest BCUT2D eigenvalue weighted by atomic mass is 10.0. The summed E-state index contributed by atoms with van der Waals surface area (Å²) in [6.45, 7) is 0. The molecule has 170 valence electrons. The highest BCUT2D eigenvalue weighted by Gasteiger charge is 2.43. The average Bonchev–Trinajstić information content (AvgIpc) is 2.85. The van der Waals surface area contributed by atoms with E-state index < -0.39 is 14.8 Å². The number of benzene rings is 2. The summed E-state index contributed by atoms with van der Waals surface area (Å²) in [6.07, 6.45) is 12.9. The van der Waals surface area contributed by atoms with Crippen molar-refractivity contribution in [1.29, 1.82) is 0 Å². The molecule has 2 aromatic carbocycles. The molecule has 2 aromatic rings. The molecule has 2 atom stereocenters. The smallest absolute Gasteiger partial charge is 0.149 e. The second-order valence-corrected chi connectivity index (χ2v) is 20.3. The average molecular weight is 500 g/mol. The van der Waals surface area contributed by atoms with Crippen LogP contribution in [0.4, 0.5) is 0 Å². The minimum atomic E-state index is -2.32. The minimum Gasteiger partial charge on any atom is -0.149 e. The van der Waals surface area contributed by atoms with Crippen LogP contribution in [0.15, 0.2) is 60.7 Å². The molecule has 0 saturated heterocycles. The Morgan fingerprint density at radius 2 is 0.906 bits per heavy atom. The van der Waals surface area contributed by atoms with E-state index in [-0.39, 0.29) is 0 Å². The minimum absolute atomic E-state index is 0.587. The Balaban J connectivity index is 1.67. The van der Waals surface area contributed by atoms with Crippen molar-refractivity contribution < 1.29 is 0 Å². The highest BCUT2D eigenvalue weighted by atomic mass is 35.6. The predicted octanol–water partition coefficient (Wildman–Crippen LogP) is 8.67. The summed E-state index contributed by atoms with van der Waals surface area (Å²) >= 11 is 15.3. The van der Waals surface area contributed by atoms with Crippen LogP contribution in [0.3, 0.4) is 0 Å². The van der Waals surface area contributed by atoms with Crippen LogP contribution in [0, 0.1) is 11.1 Å². The molecule has 4 heteroatoms. The standard InChI is InChI=1S/C28H36Cl2Si2/c29-31(27-17-9-3-10-18-27,23-25-13-5-1-6-14-25)21-22-32(30,28-19-11-4-12-20-28)24-26-15-7-2-8-16-26/h1-2,5-8,13-16,27-28H,3-4,9-12,17-20,23-24H2. The molecule has 2 aliphatic rings. The molecule has 2 aliphatic carbocycles. The van der Waals surface area contributed by atoms with Gasteiger partial charge in [0.1, 0.15) is 0 Å². The van der Waals surface area contributed by atoms with E-state index in [1.165, 1.54) is 75.3 Å². The van der Waals surface area contributed by atoms with E-state index in [4.69, 9.17) is 22.2 Å². The van der Waals surface area contributed by atoms with Gasteiger partial charge in [0.25, 0.3) is 0 Å². The molecule has 0 radical (unpaired) electrons. The monoisotopic (exact) mass is 498 g/mol. The number of halogens is 2. The van der Waals surface area contributed by atoms with E-state index in [0.29, 0.717) is 11.1 Å². The molecular weight excluding hydrogens is 463 g/mol. The number of rotatable bonds is 6. The van der Waals surface area contributed by atoms with Crippen molar-refractivity contribution in [1.82, 2.24) is 0 Å². The Bertz CT molecular complexity index is 822. The highest BCUT2D eigenvalue weighted by molar-refractivity contribution is 7.28. The van der Waals surface area contributed by atoms with Crippen molar-refractivity contribution in [2.45, 2.75) is 87.4 Å². The van der Waals surface area contributed by atoms with Gasteiger partial charge in [-0.25, -0.2) is 0 Å². The van der Waals surface area contributed by atoms with E-state index in [2.05, 4.69) is 71.8 Å². The molecule has 2 unspecified atom stereocenters. The van der Waals surface area contributed by atoms with Crippen LogP contribution in [0.2, 0.25) is 11.1 Å². The Morgan fingerprint density at radius 1 is 0.562 bits per heavy atom. The van der Waals surface area contributed by atoms with Gasteiger partial charge in [-0.15, -0.1) is 33.2 Å². The van der Waals surface area contributed by atoms with E-state index in [0.717, 1.165) is 12.1 Å². The first-order valence-corrected chi connectivity index (χ1v) is 19.2. The molecule has 0 bridgehead atoms. The van der Waals surface area contributed by atoms with Crippen LogP contribution in [-0.4, -0.2) is 14.8 Å². The molecule has 0 heterocycles. The first kappa shape index (κ1) is 24.1. The van der Waals surface area contributed by atoms with E-state index in [9.17, 15) is 0 Å². The molecular formula is C28H36Cl2Si2.